The Morgan fingerprint density at radius 1 is 0.667 bits per heavy atom. The molecule has 1 aromatic rings. The minimum Gasteiger partial charge on any atom is -0.454 e. The van der Waals surface area contributed by atoms with Crippen LogP contribution in [-0.2, 0) is 6.54 Å². The third-order valence-corrected chi connectivity index (χ3v) is 6.45. The van der Waals surface area contributed by atoms with Gasteiger partial charge < -0.3 is 9.47 Å². The number of fused-ring (bicyclic) bond motifs is 1. The fraction of sp³-hybridized carbons (Fsp3) is 0.515. The third-order valence-electron chi connectivity index (χ3n) is 6.45. The minimum atomic E-state index is 0.320. The molecule has 0 unspecified atom stereocenters. The van der Waals surface area contributed by atoms with E-state index >= 15 is 0 Å². The molecule has 36 heavy (non-hydrogen) atoms. The average molecular weight is 492 g/mol. The zero-order valence-electron chi connectivity index (χ0n) is 24.0. The van der Waals surface area contributed by atoms with Gasteiger partial charge in [-0.1, -0.05) is 64.3 Å². The van der Waals surface area contributed by atoms with Gasteiger partial charge in [-0.05, 0) is 105 Å². The summed E-state index contributed by atoms with van der Waals surface area (Å²) >= 11 is 0. The van der Waals surface area contributed by atoms with Crippen molar-refractivity contribution in [3.05, 3.63) is 82.0 Å². The van der Waals surface area contributed by atoms with Crippen molar-refractivity contribution >= 4 is 0 Å². The first-order chi connectivity index (χ1) is 17.2. The maximum Gasteiger partial charge on any atom is 0.231 e. The van der Waals surface area contributed by atoms with E-state index in [-0.39, 0.29) is 0 Å². The number of benzene rings is 1. The molecule has 1 heterocycles. The molecule has 3 heteroatoms. The first kappa shape index (κ1) is 29.7. The van der Waals surface area contributed by atoms with Gasteiger partial charge in [0, 0.05) is 19.6 Å². The molecule has 3 nitrogen and oxygen atoms in total. The zero-order chi connectivity index (χ0) is 26.3. The smallest absolute Gasteiger partial charge is 0.231 e. The molecule has 0 radical (unpaired) electrons. The van der Waals surface area contributed by atoms with E-state index in [1.807, 2.05) is 6.07 Å². The molecule has 0 saturated heterocycles. The lowest BCUT2D eigenvalue weighted by Gasteiger charge is -2.20. The van der Waals surface area contributed by atoms with Gasteiger partial charge in [-0.15, -0.1) is 0 Å². The van der Waals surface area contributed by atoms with Gasteiger partial charge in [0.25, 0.3) is 0 Å². The number of allylic oxidation sites excluding steroid dienone is 8. The highest BCUT2D eigenvalue weighted by molar-refractivity contribution is 5.44. The Morgan fingerprint density at radius 2 is 1.17 bits per heavy atom. The molecule has 0 aromatic heterocycles. The van der Waals surface area contributed by atoms with Gasteiger partial charge in [0.15, 0.2) is 11.5 Å². The van der Waals surface area contributed by atoms with Crippen molar-refractivity contribution in [3.8, 4) is 11.5 Å². The van der Waals surface area contributed by atoms with Crippen molar-refractivity contribution in [1.82, 2.24) is 4.90 Å². The van der Waals surface area contributed by atoms with Crippen LogP contribution in [0.15, 0.2) is 76.4 Å². The first-order valence-electron chi connectivity index (χ1n) is 13.6. The Balaban J connectivity index is 1.96. The van der Waals surface area contributed by atoms with Gasteiger partial charge >= 0.3 is 0 Å². The van der Waals surface area contributed by atoms with E-state index in [0.717, 1.165) is 69.7 Å². The summed E-state index contributed by atoms with van der Waals surface area (Å²) in [6.07, 6.45) is 18.7. The van der Waals surface area contributed by atoms with Crippen LogP contribution in [0.3, 0.4) is 0 Å². The fourth-order valence-corrected chi connectivity index (χ4v) is 4.10. The summed E-state index contributed by atoms with van der Waals surface area (Å²) in [6, 6.07) is 6.31. The molecule has 0 bridgehead atoms. The second-order valence-electron chi connectivity index (χ2n) is 10.7. The van der Waals surface area contributed by atoms with Crippen LogP contribution < -0.4 is 9.47 Å². The molecule has 0 spiro atoms. The SMILES string of the molecule is CC(C)=CCCC(C)=CCCC(C)=CCN(C/C=C(\C)CCC=C(C)C)Cc1ccc2c(c1)OCO2. The van der Waals surface area contributed by atoms with Crippen molar-refractivity contribution in [2.24, 2.45) is 0 Å². The standard InChI is InChI=1S/C33H49NO2/c1-26(2)11-8-13-28(5)15-10-16-30(7)20-22-34(21-19-29(6)14-9-12-27(3)4)24-31-17-18-32-33(23-31)36-25-35-32/h11-12,15,17-20,23H,8-10,13-14,16,21-22,24-25H2,1-7H3/b28-15?,29-19+,30-20?. The van der Waals surface area contributed by atoms with Crippen LogP contribution in [-0.4, -0.2) is 24.8 Å². The van der Waals surface area contributed by atoms with E-state index < -0.39 is 0 Å². The summed E-state index contributed by atoms with van der Waals surface area (Å²) in [4.78, 5) is 2.51. The largest absolute Gasteiger partial charge is 0.454 e. The highest BCUT2D eigenvalue weighted by atomic mass is 16.7. The quantitative estimate of drug-likeness (QED) is 0.228. The number of ether oxygens (including phenoxy) is 2. The molecule has 0 atom stereocenters. The second-order valence-corrected chi connectivity index (χ2v) is 10.7. The molecule has 0 fully saturated rings. The predicted octanol–water partition coefficient (Wildman–Crippen LogP) is 9.33. The molecular weight excluding hydrogens is 442 g/mol. The van der Waals surface area contributed by atoms with Gasteiger partial charge in [-0.25, -0.2) is 0 Å². The predicted molar refractivity (Wildman–Crippen MR) is 156 cm³/mol. The summed E-state index contributed by atoms with van der Waals surface area (Å²) in [5.41, 5.74) is 8.48. The Morgan fingerprint density at radius 3 is 1.72 bits per heavy atom. The van der Waals surface area contributed by atoms with Gasteiger partial charge in [0.1, 0.15) is 0 Å². The van der Waals surface area contributed by atoms with Crippen LogP contribution in [0.5, 0.6) is 11.5 Å². The first-order valence-corrected chi connectivity index (χ1v) is 13.6. The van der Waals surface area contributed by atoms with E-state index in [0.29, 0.717) is 6.79 Å². The topological polar surface area (TPSA) is 21.7 Å². The molecule has 0 aliphatic carbocycles. The van der Waals surface area contributed by atoms with Crippen molar-refractivity contribution in [2.75, 3.05) is 19.9 Å². The van der Waals surface area contributed by atoms with Gasteiger partial charge in [-0.3, -0.25) is 4.90 Å². The number of hydrogen-bond acceptors (Lipinski definition) is 3. The van der Waals surface area contributed by atoms with Crippen molar-refractivity contribution in [2.45, 2.75) is 93.5 Å². The van der Waals surface area contributed by atoms with Gasteiger partial charge in [0.2, 0.25) is 6.79 Å². The summed E-state index contributed by atoms with van der Waals surface area (Å²) < 4.78 is 11.1. The minimum absolute atomic E-state index is 0.320. The number of nitrogens with zero attached hydrogens (tertiary/aromatic N) is 1. The molecule has 1 aliphatic rings. The van der Waals surface area contributed by atoms with E-state index in [4.69, 9.17) is 9.47 Å². The average Bonchev–Trinajstić information content (AvgIpc) is 3.28. The van der Waals surface area contributed by atoms with Crippen molar-refractivity contribution in [3.63, 3.8) is 0 Å². The van der Waals surface area contributed by atoms with Crippen LogP contribution in [0.1, 0.15) is 92.6 Å². The van der Waals surface area contributed by atoms with E-state index in [1.54, 1.807) is 0 Å². The second kappa shape index (κ2) is 16.3. The van der Waals surface area contributed by atoms with Gasteiger partial charge in [0.05, 0.1) is 0 Å². The highest BCUT2D eigenvalue weighted by Crippen LogP contribution is 2.32. The zero-order valence-corrected chi connectivity index (χ0v) is 24.0. The monoisotopic (exact) mass is 491 g/mol. The number of hydrogen-bond donors (Lipinski definition) is 0. The summed E-state index contributed by atoms with van der Waals surface area (Å²) in [6.45, 7) is 18.6. The Kier molecular flexibility index (Phi) is 13.4. The van der Waals surface area contributed by atoms with E-state index in [9.17, 15) is 0 Å². The van der Waals surface area contributed by atoms with Crippen LogP contribution in [0, 0.1) is 0 Å². The van der Waals surface area contributed by atoms with Crippen molar-refractivity contribution < 1.29 is 9.47 Å². The van der Waals surface area contributed by atoms with Crippen LogP contribution in [0.4, 0.5) is 0 Å². The molecule has 1 aromatic carbocycles. The van der Waals surface area contributed by atoms with E-state index in [2.05, 4.69) is 95.9 Å². The lowest BCUT2D eigenvalue weighted by Crippen LogP contribution is -2.24. The van der Waals surface area contributed by atoms with Crippen molar-refractivity contribution in [1.29, 1.82) is 0 Å². The molecule has 0 N–H and O–H groups in total. The Bertz CT molecular complexity index is 969. The maximum atomic E-state index is 5.60. The highest BCUT2D eigenvalue weighted by Gasteiger charge is 2.14. The number of rotatable bonds is 15. The molecule has 1 aliphatic heterocycles. The molecule has 2 rings (SSSR count). The summed E-state index contributed by atoms with van der Waals surface area (Å²) in [5.74, 6) is 1.71. The molecular formula is C33H49NO2. The summed E-state index contributed by atoms with van der Waals surface area (Å²) in [7, 11) is 0. The normalized spacial score (nSPS) is 13.8. The fourth-order valence-electron chi connectivity index (χ4n) is 4.10. The Hall–Kier alpha value is -2.52. The third kappa shape index (κ3) is 12.4. The van der Waals surface area contributed by atoms with Gasteiger partial charge in [-0.2, -0.15) is 0 Å². The lowest BCUT2D eigenvalue weighted by atomic mass is 10.1. The van der Waals surface area contributed by atoms with Crippen LogP contribution in [0.2, 0.25) is 0 Å². The lowest BCUT2D eigenvalue weighted by molar-refractivity contribution is 0.174. The maximum absolute atomic E-state index is 5.60. The van der Waals surface area contributed by atoms with Crippen LogP contribution >= 0.6 is 0 Å². The van der Waals surface area contributed by atoms with Crippen LogP contribution in [0.25, 0.3) is 0 Å². The summed E-state index contributed by atoms with van der Waals surface area (Å²) in [5, 5.41) is 0. The van der Waals surface area contributed by atoms with E-state index in [1.165, 1.54) is 33.4 Å². The molecule has 198 valence electrons. The molecule has 0 amide bonds. The molecule has 0 saturated carbocycles. The Labute approximate surface area is 221 Å².